The highest BCUT2D eigenvalue weighted by Gasteiger charge is 2.45. The number of aliphatic hydroxyl groups is 3. The first-order valence-corrected chi connectivity index (χ1v) is 15.4. The summed E-state index contributed by atoms with van der Waals surface area (Å²) in [7, 11) is 1.16. The highest BCUT2D eigenvalue weighted by molar-refractivity contribution is 6.03. The average molecular weight is 709 g/mol. The van der Waals surface area contributed by atoms with Crippen molar-refractivity contribution < 1.29 is 86.8 Å². The van der Waals surface area contributed by atoms with Crippen molar-refractivity contribution in [1.82, 2.24) is 0 Å². The van der Waals surface area contributed by atoms with Crippen molar-refractivity contribution in [2.24, 2.45) is 5.41 Å². The lowest BCUT2D eigenvalue weighted by Crippen LogP contribution is -2.40. The number of aliphatic hydroxyl groups excluding tert-OH is 3. The van der Waals surface area contributed by atoms with Gasteiger partial charge in [0, 0.05) is 18.9 Å². The van der Waals surface area contributed by atoms with E-state index >= 15 is 0 Å². The summed E-state index contributed by atoms with van der Waals surface area (Å²) in [5.74, 6) is -5.11. The van der Waals surface area contributed by atoms with Crippen LogP contribution in [0.4, 0.5) is 0 Å². The zero-order chi connectivity index (χ0) is 37.2. The molecule has 4 unspecified atom stereocenters. The van der Waals surface area contributed by atoms with E-state index in [9.17, 15) is 48.9 Å². The maximum absolute atomic E-state index is 12.6. The molecule has 0 spiro atoms. The summed E-state index contributed by atoms with van der Waals surface area (Å²) in [6, 6.07) is 0. The lowest BCUT2D eigenvalue weighted by molar-refractivity contribution is -0.162. The Labute approximate surface area is 283 Å². The molecule has 0 saturated heterocycles. The van der Waals surface area contributed by atoms with E-state index in [4.69, 9.17) is 28.4 Å². The summed E-state index contributed by atoms with van der Waals surface area (Å²) < 4.78 is 39.2. The Morgan fingerprint density at radius 3 is 1.49 bits per heavy atom. The number of hydrogen-bond acceptors (Lipinski definition) is 18. The van der Waals surface area contributed by atoms with Crippen LogP contribution >= 0.6 is 0 Å². The summed E-state index contributed by atoms with van der Waals surface area (Å²) in [5, 5.41) is 29.6. The van der Waals surface area contributed by atoms with Gasteiger partial charge in [0.05, 0.1) is 53.0 Å². The van der Waals surface area contributed by atoms with E-state index in [0.29, 0.717) is 0 Å². The van der Waals surface area contributed by atoms with Crippen LogP contribution in [0.15, 0.2) is 12.7 Å². The van der Waals surface area contributed by atoms with E-state index < -0.39 is 71.9 Å². The van der Waals surface area contributed by atoms with Crippen molar-refractivity contribution in [2.45, 2.75) is 70.7 Å². The van der Waals surface area contributed by atoms with Gasteiger partial charge in [-0.05, 0) is 26.7 Å². The van der Waals surface area contributed by atoms with Crippen LogP contribution in [0, 0.1) is 5.41 Å². The van der Waals surface area contributed by atoms with Gasteiger partial charge >= 0.3 is 35.8 Å². The smallest absolute Gasteiger partial charge is 0.330 e. The number of ether oxygens (including phenoxy) is 8. The van der Waals surface area contributed by atoms with Crippen LogP contribution in [0.25, 0.3) is 0 Å². The molecule has 0 aliphatic carbocycles. The molecule has 18 nitrogen and oxygen atoms in total. The molecular weight excluding hydrogens is 660 g/mol. The molecule has 0 saturated carbocycles. The summed E-state index contributed by atoms with van der Waals surface area (Å²) >= 11 is 0. The number of carbonyl (C=O) groups excluding carboxylic acids is 7. The van der Waals surface area contributed by atoms with Crippen LogP contribution in [0.2, 0.25) is 0 Å². The van der Waals surface area contributed by atoms with Crippen LogP contribution in [-0.4, -0.2) is 142 Å². The third-order valence-electron chi connectivity index (χ3n) is 6.48. The van der Waals surface area contributed by atoms with Gasteiger partial charge in [0.25, 0.3) is 0 Å². The van der Waals surface area contributed by atoms with Crippen LogP contribution < -0.4 is 0 Å². The normalized spacial score (nSPS) is 13.8. The molecule has 0 aromatic rings. The topological polar surface area (TPSA) is 254 Å². The number of esters is 6. The second-order valence-corrected chi connectivity index (χ2v) is 10.4. The maximum atomic E-state index is 12.6. The Morgan fingerprint density at radius 1 is 0.633 bits per heavy atom. The molecule has 0 radical (unpaired) electrons. The Balaban J connectivity index is 4.25. The van der Waals surface area contributed by atoms with Gasteiger partial charge in [-0.3, -0.25) is 28.8 Å². The Morgan fingerprint density at radius 2 is 1.06 bits per heavy atom. The van der Waals surface area contributed by atoms with E-state index in [-0.39, 0.29) is 91.4 Å². The molecular formula is C31H48O18. The molecule has 18 heteroatoms. The molecule has 0 aliphatic rings. The zero-order valence-corrected chi connectivity index (χ0v) is 28.1. The molecule has 0 bridgehead atoms. The third-order valence-corrected chi connectivity index (χ3v) is 6.48. The SMILES string of the molecule is C=CC(=O)OCCC(=O)OCC(O)COCC(O)COCC(O)COC(=O)CCOC(=O)CCC(CCC(=O)OC)(C(C)=O)C(=O)OCC. The molecule has 280 valence electrons. The third kappa shape index (κ3) is 20.9. The quantitative estimate of drug-likeness (QED) is 0.0386. The lowest BCUT2D eigenvalue weighted by Gasteiger charge is -2.28. The number of Topliss-reactive ketones (excluding diaryl/α,β-unsaturated/α-hetero) is 1. The van der Waals surface area contributed by atoms with Crippen molar-refractivity contribution in [3.05, 3.63) is 12.7 Å². The van der Waals surface area contributed by atoms with E-state index in [2.05, 4.69) is 16.1 Å². The second-order valence-electron chi connectivity index (χ2n) is 10.4. The highest BCUT2D eigenvalue weighted by atomic mass is 16.6. The van der Waals surface area contributed by atoms with Gasteiger partial charge in [0.1, 0.15) is 55.9 Å². The molecule has 0 aromatic carbocycles. The van der Waals surface area contributed by atoms with Gasteiger partial charge in [-0.1, -0.05) is 6.58 Å². The fraction of sp³-hybridized carbons (Fsp3) is 0.710. The lowest BCUT2D eigenvalue weighted by atomic mass is 9.75. The van der Waals surface area contributed by atoms with Crippen molar-refractivity contribution in [3.8, 4) is 0 Å². The van der Waals surface area contributed by atoms with E-state index in [1.54, 1.807) is 6.92 Å². The van der Waals surface area contributed by atoms with Gasteiger partial charge in [-0.25, -0.2) is 4.79 Å². The number of hydrogen-bond donors (Lipinski definition) is 3. The molecule has 0 heterocycles. The zero-order valence-electron chi connectivity index (χ0n) is 28.1. The summed E-state index contributed by atoms with van der Waals surface area (Å²) in [4.78, 5) is 83.3. The van der Waals surface area contributed by atoms with Crippen molar-refractivity contribution in [3.63, 3.8) is 0 Å². The van der Waals surface area contributed by atoms with Crippen LogP contribution in [0.3, 0.4) is 0 Å². The highest BCUT2D eigenvalue weighted by Crippen LogP contribution is 2.33. The van der Waals surface area contributed by atoms with Gasteiger partial charge in [-0.2, -0.15) is 0 Å². The first-order valence-electron chi connectivity index (χ1n) is 15.4. The monoisotopic (exact) mass is 708 g/mol. The average Bonchev–Trinajstić information content (AvgIpc) is 3.06. The molecule has 4 atom stereocenters. The van der Waals surface area contributed by atoms with Crippen molar-refractivity contribution in [1.29, 1.82) is 0 Å². The molecule has 0 rings (SSSR count). The fourth-order valence-corrected chi connectivity index (χ4v) is 3.79. The van der Waals surface area contributed by atoms with Crippen LogP contribution in [0.5, 0.6) is 0 Å². The number of methoxy groups -OCH3 is 1. The van der Waals surface area contributed by atoms with Crippen LogP contribution in [0.1, 0.15) is 52.4 Å². The Bertz CT molecular complexity index is 1070. The van der Waals surface area contributed by atoms with E-state index in [0.717, 1.165) is 20.1 Å². The van der Waals surface area contributed by atoms with Gasteiger partial charge < -0.3 is 53.2 Å². The van der Waals surface area contributed by atoms with E-state index in [1.807, 2.05) is 0 Å². The first-order chi connectivity index (χ1) is 23.2. The Hall–Kier alpha value is -3.97. The van der Waals surface area contributed by atoms with Gasteiger partial charge in [0.2, 0.25) is 0 Å². The van der Waals surface area contributed by atoms with Gasteiger partial charge in [-0.15, -0.1) is 0 Å². The maximum Gasteiger partial charge on any atom is 0.330 e. The molecule has 3 N–H and O–H groups in total. The van der Waals surface area contributed by atoms with Crippen molar-refractivity contribution >= 4 is 41.6 Å². The summed E-state index contributed by atoms with van der Waals surface area (Å²) in [6.07, 6.45) is -4.33. The van der Waals surface area contributed by atoms with Crippen molar-refractivity contribution in [2.75, 3.05) is 66.6 Å². The first kappa shape index (κ1) is 45.0. The molecule has 0 amide bonds. The Kier molecular flexibility index (Phi) is 23.9. The predicted octanol–water partition coefficient (Wildman–Crippen LogP) is -0.887. The minimum absolute atomic E-state index is 0.0207. The minimum atomic E-state index is -1.75. The standard InChI is InChI=1S/C31H48O18/c1-5-25(36)46-13-9-28(39)48-19-23(34)17-43-15-22(33)16-44-18-24(35)20-49-29(40)10-14-47-27(38)8-12-31(21(3)32,30(41)45-6-2)11-7-26(37)42-4/h5,22-24,33-35H,1,6-20H2,2-4H3. The molecule has 49 heavy (non-hydrogen) atoms. The number of ketones is 1. The number of rotatable bonds is 28. The summed E-state index contributed by atoms with van der Waals surface area (Å²) in [5.41, 5.74) is -1.75. The fourth-order valence-electron chi connectivity index (χ4n) is 3.79. The largest absolute Gasteiger partial charge is 0.469 e. The van der Waals surface area contributed by atoms with Gasteiger partial charge in [0.15, 0.2) is 0 Å². The molecule has 0 aliphatic heterocycles. The number of carbonyl (C=O) groups is 7. The summed E-state index contributed by atoms with van der Waals surface area (Å²) in [6.45, 7) is 3.37. The predicted molar refractivity (Wildman–Crippen MR) is 163 cm³/mol. The molecule has 0 fully saturated rings. The minimum Gasteiger partial charge on any atom is -0.469 e. The second kappa shape index (κ2) is 26.0. The van der Waals surface area contributed by atoms with E-state index in [1.165, 1.54) is 0 Å². The van der Waals surface area contributed by atoms with Crippen LogP contribution in [-0.2, 0) is 71.5 Å². The molecule has 0 aromatic heterocycles.